The number of hydrogen-bond acceptors (Lipinski definition) is 3. The summed E-state index contributed by atoms with van der Waals surface area (Å²) in [5, 5.41) is 0. The van der Waals surface area contributed by atoms with Gasteiger partial charge in [-0.25, -0.2) is 0 Å². The lowest BCUT2D eigenvalue weighted by molar-refractivity contribution is -0.149. The van der Waals surface area contributed by atoms with Crippen LogP contribution in [0.15, 0.2) is 11.6 Å². The van der Waals surface area contributed by atoms with Crippen LogP contribution in [0.4, 0.5) is 0 Å². The minimum Gasteiger partial charge on any atom is -0.469 e. The maximum Gasteiger partial charge on any atom is 0.309 e. The van der Waals surface area contributed by atoms with Crippen LogP contribution in [0.25, 0.3) is 0 Å². The molecule has 1 aliphatic carbocycles. The molecule has 0 fully saturated rings. The lowest BCUT2D eigenvalue weighted by atomic mass is 9.78. The van der Waals surface area contributed by atoms with Crippen molar-refractivity contribution in [3.8, 4) is 0 Å². The molecule has 0 aromatic heterocycles. The van der Waals surface area contributed by atoms with Gasteiger partial charge in [0.05, 0.1) is 13.0 Å². The molecular weight excluding hydrogens is 216 g/mol. The molecule has 0 saturated heterocycles. The lowest BCUT2D eigenvalue weighted by Gasteiger charge is -2.25. The molecule has 3 nitrogen and oxygen atoms in total. The van der Waals surface area contributed by atoms with Gasteiger partial charge in [0, 0.05) is 5.92 Å². The number of carbonyl (C=O) groups is 2. The fraction of sp³-hybridized carbons (Fsp3) is 0.714. The first kappa shape index (κ1) is 13.9. The quantitative estimate of drug-likeness (QED) is 0.692. The number of Topliss-reactive ketones (excluding diaryl/α,β-unsaturated/α-hetero) is 1. The van der Waals surface area contributed by atoms with Crippen molar-refractivity contribution < 1.29 is 14.3 Å². The Morgan fingerprint density at radius 1 is 1.59 bits per heavy atom. The van der Waals surface area contributed by atoms with Gasteiger partial charge in [-0.2, -0.15) is 0 Å². The molecule has 0 saturated carbocycles. The zero-order valence-corrected chi connectivity index (χ0v) is 11.0. The molecule has 17 heavy (non-hydrogen) atoms. The highest BCUT2D eigenvalue weighted by atomic mass is 16.5. The predicted molar refractivity (Wildman–Crippen MR) is 66.5 cm³/mol. The van der Waals surface area contributed by atoms with Gasteiger partial charge in [0.2, 0.25) is 0 Å². The van der Waals surface area contributed by atoms with E-state index in [0.717, 1.165) is 37.7 Å². The molecule has 3 heteroatoms. The Bertz CT molecular complexity index is 317. The minimum absolute atomic E-state index is 0.155. The van der Waals surface area contributed by atoms with E-state index in [1.165, 1.54) is 7.11 Å². The van der Waals surface area contributed by atoms with Crippen molar-refractivity contribution in [2.75, 3.05) is 7.11 Å². The molecule has 0 aliphatic heterocycles. The second kappa shape index (κ2) is 6.58. The van der Waals surface area contributed by atoms with Crippen molar-refractivity contribution in [1.29, 1.82) is 0 Å². The maximum atomic E-state index is 12.2. The molecule has 2 unspecified atom stereocenters. The zero-order valence-electron chi connectivity index (χ0n) is 11.0. The molecule has 0 aromatic carbocycles. The second-order valence-electron chi connectivity index (χ2n) is 4.69. The lowest BCUT2D eigenvalue weighted by Crippen LogP contribution is -2.31. The van der Waals surface area contributed by atoms with Crippen molar-refractivity contribution in [3.05, 3.63) is 11.6 Å². The largest absolute Gasteiger partial charge is 0.469 e. The number of allylic oxidation sites excluding steroid dienone is 2. The van der Waals surface area contributed by atoms with Crippen LogP contribution in [0, 0.1) is 11.8 Å². The van der Waals surface area contributed by atoms with Crippen molar-refractivity contribution >= 4 is 11.8 Å². The molecule has 0 N–H and O–H groups in total. The van der Waals surface area contributed by atoms with Crippen molar-refractivity contribution in [3.63, 3.8) is 0 Å². The van der Waals surface area contributed by atoms with Gasteiger partial charge in [0.15, 0.2) is 5.78 Å². The molecule has 2 atom stereocenters. The van der Waals surface area contributed by atoms with Gasteiger partial charge in [0.25, 0.3) is 0 Å². The summed E-state index contributed by atoms with van der Waals surface area (Å²) in [5.41, 5.74) is 0.916. The molecule has 0 bridgehead atoms. The highest BCUT2D eigenvalue weighted by Crippen LogP contribution is 2.29. The summed E-state index contributed by atoms with van der Waals surface area (Å²) < 4.78 is 4.72. The van der Waals surface area contributed by atoms with Gasteiger partial charge in [0.1, 0.15) is 0 Å². The van der Waals surface area contributed by atoms with Gasteiger partial charge >= 0.3 is 5.97 Å². The molecule has 0 aromatic rings. The fourth-order valence-corrected chi connectivity index (χ4v) is 2.33. The summed E-state index contributed by atoms with van der Waals surface area (Å²) in [6.45, 7) is 3.90. The summed E-state index contributed by atoms with van der Waals surface area (Å²) >= 11 is 0. The van der Waals surface area contributed by atoms with Crippen LogP contribution >= 0.6 is 0 Å². The van der Waals surface area contributed by atoms with Gasteiger partial charge < -0.3 is 4.74 Å². The van der Waals surface area contributed by atoms with E-state index in [0.29, 0.717) is 0 Å². The third kappa shape index (κ3) is 3.42. The van der Waals surface area contributed by atoms with Crippen LogP contribution in [-0.2, 0) is 14.3 Å². The molecule has 0 radical (unpaired) electrons. The normalized spacial score (nSPS) is 21.9. The summed E-state index contributed by atoms with van der Waals surface area (Å²) in [6.07, 6.45) is 6.68. The van der Waals surface area contributed by atoms with Crippen LogP contribution < -0.4 is 0 Å². The Morgan fingerprint density at radius 3 is 2.88 bits per heavy atom. The number of hydrogen-bond donors (Lipinski definition) is 0. The molecule has 1 rings (SSSR count). The van der Waals surface area contributed by atoms with E-state index in [2.05, 4.69) is 6.92 Å². The zero-order chi connectivity index (χ0) is 12.8. The maximum absolute atomic E-state index is 12.2. The number of rotatable bonds is 5. The Balaban J connectivity index is 2.68. The minimum atomic E-state index is -0.321. The SMILES string of the molecule is CCCCC1=CCCC(C(C)C(=O)OC)C1=O. The number of unbranched alkanes of at least 4 members (excludes halogenated alkanes) is 1. The predicted octanol–water partition coefficient (Wildman–Crippen LogP) is 2.89. The first-order valence-corrected chi connectivity index (χ1v) is 6.42. The van der Waals surface area contributed by atoms with E-state index < -0.39 is 0 Å². The number of ketones is 1. The number of carbonyl (C=O) groups excluding carboxylic acids is 2. The van der Waals surface area contributed by atoms with E-state index >= 15 is 0 Å². The molecule has 1 aliphatic rings. The molecular formula is C14H22O3. The third-order valence-corrected chi connectivity index (χ3v) is 3.50. The monoisotopic (exact) mass is 238 g/mol. The van der Waals surface area contributed by atoms with Crippen LogP contribution in [0.3, 0.4) is 0 Å². The van der Waals surface area contributed by atoms with E-state index in [9.17, 15) is 9.59 Å². The molecule has 0 spiro atoms. The van der Waals surface area contributed by atoms with Crippen LogP contribution in [0.5, 0.6) is 0 Å². The highest BCUT2D eigenvalue weighted by molar-refractivity contribution is 6.00. The Morgan fingerprint density at radius 2 is 2.29 bits per heavy atom. The summed E-state index contributed by atoms with van der Waals surface area (Å²) in [4.78, 5) is 23.7. The van der Waals surface area contributed by atoms with Crippen molar-refractivity contribution in [1.82, 2.24) is 0 Å². The summed E-state index contributed by atoms with van der Waals surface area (Å²) in [7, 11) is 1.37. The average Bonchev–Trinajstić information content (AvgIpc) is 2.35. The Hall–Kier alpha value is -1.12. The summed E-state index contributed by atoms with van der Waals surface area (Å²) in [5.74, 6) is -0.625. The first-order valence-electron chi connectivity index (χ1n) is 6.42. The smallest absolute Gasteiger partial charge is 0.309 e. The topological polar surface area (TPSA) is 43.4 Å². The fourth-order valence-electron chi connectivity index (χ4n) is 2.33. The van der Waals surface area contributed by atoms with E-state index in [1.807, 2.05) is 6.08 Å². The first-order chi connectivity index (χ1) is 8.11. The van der Waals surface area contributed by atoms with Crippen molar-refractivity contribution in [2.24, 2.45) is 11.8 Å². The van der Waals surface area contributed by atoms with E-state index in [4.69, 9.17) is 4.74 Å². The van der Waals surface area contributed by atoms with Crippen LogP contribution in [-0.4, -0.2) is 18.9 Å². The van der Waals surface area contributed by atoms with Gasteiger partial charge in [-0.05, 0) is 31.3 Å². The number of ether oxygens (including phenoxy) is 1. The van der Waals surface area contributed by atoms with E-state index in [1.54, 1.807) is 6.92 Å². The molecule has 96 valence electrons. The summed E-state index contributed by atoms with van der Waals surface area (Å²) in [6, 6.07) is 0. The molecule has 0 amide bonds. The highest BCUT2D eigenvalue weighted by Gasteiger charge is 2.33. The standard InChI is InChI=1S/C14H22O3/c1-4-5-7-11-8-6-9-12(13(11)15)10(2)14(16)17-3/h8,10,12H,4-7,9H2,1-3H3. The number of methoxy groups -OCH3 is 1. The van der Waals surface area contributed by atoms with Crippen LogP contribution in [0.1, 0.15) is 46.0 Å². The van der Waals surface area contributed by atoms with Crippen molar-refractivity contribution in [2.45, 2.75) is 46.0 Å². The average molecular weight is 238 g/mol. The van der Waals surface area contributed by atoms with Gasteiger partial charge in [-0.15, -0.1) is 0 Å². The third-order valence-electron chi connectivity index (χ3n) is 3.50. The second-order valence-corrected chi connectivity index (χ2v) is 4.69. The van der Waals surface area contributed by atoms with Gasteiger partial charge in [-0.3, -0.25) is 9.59 Å². The number of esters is 1. The van der Waals surface area contributed by atoms with Crippen LogP contribution in [0.2, 0.25) is 0 Å². The Kier molecular flexibility index (Phi) is 5.39. The van der Waals surface area contributed by atoms with E-state index in [-0.39, 0.29) is 23.6 Å². The van der Waals surface area contributed by atoms with Gasteiger partial charge in [-0.1, -0.05) is 26.3 Å². The Labute approximate surface area is 103 Å². The molecule has 0 heterocycles.